The highest BCUT2D eigenvalue weighted by Crippen LogP contribution is 2.65. The number of fused-ring (bicyclic) bond motifs is 4. The number of amides is 4. The molecule has 2 saturated heterocycles. The number of aromatic hydroxyl groups is 1. The largest absolute Gasteiger partial charge is 0.507 e. The van der Waals surface area contributed by atoms with Crippen molar-refractivity contribution in [3.63, 3.8) is 0 Å². The zero-order valence-corrected chi connectivity index (χ0v) is 27.4. The van der Waals surface area contributed by atoms with Crippen LogP contribution in [0.5, 0.6) is 5.75 Å². The first-order valence-electron chi connectivity index (χ1n) is 16.5. The third kappa shape index (κ3) is 4.93. The zero-order valence-electron chi connectivity index (χ0n) is 26.6. The molecule has 2 heterocycles. The van der Waals surface area contributed by atoms with E-state index >= 15 is 4.79 Å². The van der Waals surface area contributed by atoms with Crippen molar-refractivity contribution in [3.8, 4) is 5.75 Å². The van der Waals surface area contributed by atoms with E-state index in [2.05, 4.69) is 6.58 Å². The minimum absolute atomic E-state index is 0.00974. The van der Waals surface area contributed by atoms with Crippen LogP contribution in [0.4, 0.5) is 5.69 Å². The Morgan fingerprint density at radius 3 is 2.43 bits per heavy atom. The Kier molecular flexibility index (Phi) is 8.27. The number of carboxylic acid groups (broad SMARTS) is 1. The van der Waals surface area contributed by atoms with Crippen molar-refractivity contribution in [2.24, 2.45) is 23.7 Å². The van der Waals surface area contributed by atoms with Crippen molar-refractivity contribution in [1.82, 2.24) is 4.90 Å². The Bertz CT molecular complexity index is 1940. The lowest BCUT2D eigenvalue weighted by Gasteiger charge is -2.50. The van der Waals surface area contributed by atoms with Gasteiger partial charge in [0, 0.05) is 29.5 Å². The van der Waals surface area contributed by atoms with Gasteiger partial charge in [0.2, 0.25) is 23.6 Å². The zero-order chi connectivity index (χ0) is 34.6. The molecule has 4 amide bonds. The molecular formula is C39H35ClN2O7. The number of carbonyl (C=O) groups excluding carboxylic acids is 4. The summed E-state index contributed by atoms with van der Waals surface area (Å²) < 4.78 is 0. The van der Waals surface area contributed by atoms with Gasteiger partial charge in [-0.3, -0.25) is 28.9 Å². The number of imide groups is 2. The molecule has 9 nitrogen and oxygen atoms in total. The van der Waals surface area contributed by atoms with Crippen LogP contribution in [0.3, 0.4) is 0 Å². The summed E-state index contributed by atoms with van der Waals surface area (Å²) in [7, 11) is 0. The molecule has 4 aliphatic rings. The molecule has 0 spiro atoms. The van der Waals surface area contributed by atoms with Crippen LogP contribution in [0.1, 0.15) is 48.3 Å². The third-order valence-electron chi connectivity index (χ3n) is 10.9. The maximum Gasteiger partial charge on any atom is 0.303 e. The van der Waals surface area contributed by atoms with E-state index < -0.39 is 58.7 Å². The van der Waals surface area contributed by atoms with Gasteiger partial charge in [-0.15, -0.1) is 6.58 Å². The van der Waals surface area contributed by atoms with E-state index in [9.17, 15) is 24.3 Å². The van der Waals surface area contributed by atoms with Gasteiger partial charge in [-0.25, -0.2) is 4.90 Å². The number of benzene rings is 3. The van der Waals surface area contributed by atoms with Crippen molar-refractivity contribution >= 4 is 46.9 Å². The van der Waals surface area contributed by atoms with Gasteiger partial charge in [0.05, 0.1) is 28.9 Å². The van der Waals surface area contributed by atoms with Gasteiger partial charge in [-0.1, -0.05) is 83.9 Å². The number of nitrogens with zero attached hydrogens (tertiary/aromatic N) is 2. The molecule has 3 aromatic carbocycles. The standard InChI is InChI=1S/C39H35ClN2O7/c1-2-9-22-10-6-15-28(34(22)45)33-26-17-18-27-32(37(48)41(35(27)46)19-8-16-31(43)44)29(26)21-30-36(47)42(25-14-7-13-24(40)20-25)38(49)39(30,33)23-11-4-3-5-12-23/h2-7,10-15,17,20,27,29-30,32-33,45H,1,8-9,16,18-19,21H2,(H,43,44)/t27-,29+,30-,32-,33+,39+/m0/s1. The van der Waals surface area contributed by atoms with Crippen LogP contribution in [0.15, 0.2) is 97.1 Å². The fourth-order valence-corrected chi connectivity index (χ4v) is 9.11. The molecule has 6 atom stereocenters. The van der Waals surface area contributed by atoms with Crippen molar-refractivity contribution in [1.29, 1.82) is 0 Å². The number of hydrogen-bond donors (Lipinski definition) is 2. The number of phenols is 1. The predicted molar refractivity (Wildman–Crippen MR) is 182 cm³/mol. The molecule has 0 radical (unpaired) electrons. The Hall–Kier alpha value is -5.02. The van der Waals surface area contributed by atoms with E-state index in [1.165, 1.54) is 9.80 Å². The van der Waals surface area contributed by atoms with Crippen molar-refractivity contribution in [3.05, 3.63) is 119 Å². The fraction of sp³-hybridized carbons (Fsp3) is 0.308. The van der Waals surface area contributed by atoms with Crippen molar-refractivity contribution < 1.29 is 34.2 Å². The molecule has 2 N–H and O–H groups in total. The third-order valence-corrected chi connectivity index (χ3v) is 11.1. The van der Waals surface area contributed by atoms with Crippen molar-refractivity contribution in [2.45, 2.75) is 43.4 Å². The second-order valence-corrected chi connectivity index (χ2v) is 13.7. The van der Waals surface area contributed by atoms with Gasteiger partial charge in [0.15, 0.2) is 0 Å². The number of phenolic OH excluding ortho intramolecular Hbond substituents is 1. The summed E-state index contributed by atoms with van der Waals surface area (Å²) in [5.41, 5.74) is 1.20. The number of anilines is 1. The topological polar surface area (TPSA) is 132 Å². The molecule has 0 bridgehead atoms. The molecule has 3 aromatic rings. The summed E-state index contributed by atoms with van der Waals surface area (Å²) in [6.45, 7) is 3.83. The van der Waals surface area contributed by atoms with Crippen LogP contribution < -0.4 is 4.90 Å². The summed E-state index contributed by atoms with van der Waals surface area (Å²) >= 11 is 6.37. The minimum atomic E-state index is -1.51. The van der Waals surface area contributed by atoms with Gasteiger partial charge >= 0.3 is 5.97 Å². The van der Waals surface area contributed by atoms with Gasteiger partial charge in [0.1, 0.15) is 5.75 Å². The van der Waals surface area contributed by atoms with E-state index in [-0.39, 0.29) is 43.9 Å². The molecule has 49 heavy (non-hydrogen) atoms. The molecule has 250 valence electrons. The van der Waals surface area contributed by atoms with E-state index in [1.807, 2.05) is 42.5 Å². The first kappa shape index (κ1) is 32.5. The van der Waals surface area contributed by atoms with E-state index in [0.29, 0.717) is 33.8 Å². The lowest BCUT2D eigenvalue weighted by atomic mass is 9.49. The minimum Gasteiger partial charge on any atom is -0.507 e. The number of carboxylic acids is 1. The molecule has 2 aliphatic heterocycles. The van der Waals surface area contributed by atoms with Crippen LogP contribution in [0.2, 0.25) is 5.02 Å². The SMILES string of the molecule is C=CCc1cccc([C@H]2C3=CC[C@@H]4C(=O)N(CCCC(=O)O)C(=O)[C@@H]4[C@@H]3C[C@H]3C(=O)N(c4cccc(Cl)c4)C(=O)[C@@]23c2ccccc2)c1O. The highest BCUT2D eigenvalue weighted by Gasteiger charge is 2.70. The number of halogens is 1. The molecule has 10 heteroatoms. The molecule has 0 aromatic heterocycles. The van der Waals surface area contributed by atoms with Crippen LogP contribution in [0, 0.1) is 23.7 Å². The van der Waals surface area contributed by atoms with Crippen LogP contribution in [-0.2, 0) is 35.8 Å². The summed E-state index contributed by atoms with van der Waals surface area (Å²) in [5, 5.41) is 21.4. The molecule has 7 rings (SSSR count). The number of para-hydroxylation sites is 1. The monoisotopic (exact) mass is 678 g/mol. The average Bonchev–Trinajstić information content (AvgIpc) is 3.47. The quantitative estimate of drug-likeness (QED) is 0.216. The fourth-order valence-electron chi connectivity index (χ4n) is 8.93. The van der Waals surface area contributed by atoms with Crippen LogP contribution in [-0.4, -0.2) is 51.3 Å². The Morgan fingerprint density at radius 1 is 0.959 bits per heavy atom. The number of allylic oxidation sites excluding steroid dienone is 3. The first-order chi connectivity index (χ1) is 23.6. The average molecular weight is 679 g/mol. The highest BCUT2D eigenvalue weighted by molar-refractivity contribution is 6.32. The summed E-state index contributed by atoms with van der Waals surface area (Å²) in [5.74, 6) is -6.57. The van der Waals surface area contributed by atoms with E-state index in [0.717, 1.165) is 5.57 Å². The van der Waals surface area contributed by atoms with Crippen LogP contribution >= 0.6 is 11.6 Å². The maximum absolute atomic E-state index is 15.3. The van der Waals surface area contributed by atoms with Gasteiger partial charge < -0.3 is 10.2 Å². The second-order valence-electron chi connectivity index (χ2n) is 13.3. The Morgan fingerprint density at radius 2 is 1.71 bits per heavy atom. The lowest BCUT2D eigenvalue weighted by Crippen LogP contribution is -2.53. The first-order valence-corrected chi connectivity index (χ1v) is 16.9. The highest BCUT2D eigenvalue weighted by atomic mass is 35.5. The van der Waals surface area contributed by atoms with Gasteiger partial charge in [0.25, 0.3) is 0 Å². The molecular weight excluding hydrogens is 644 g/mol. The lowest BCUT2D eigenvalue weighted by molar-refractivity contribution is -0.142. The molecule has 3 fully saturated rings. The van der Waals surface area contributed by atoms with Gasteiger partial charge in [-0.2, -0.15) is 0 Å². The normalized spacial score (nSPS) is 27.4. The predicted octanol–water partition coefficient (Wildman–Crippen LogP) is 5.80. The Balaban J connectivity index is 1.45. The number of likely N-dealkylation sites (tertiary alicyclic amines) is 1. The van der Waals surface area contributed by atoms with E-state index in [4.69, 9.17) is 16.7 Å². The van der Waals surface area contributed by atoms with E-state index in [1.54, 1.807) is 42.5 Å². The van der Waals surface area contributed by atoms with Gasteiger partial charge in [-0.05, 0) is 60.9 Å². The number of aliphatic carboxylic acids is 1. The smallest absolute Gasteiger partial charge is 0.303 e. The second kappa shape index (κ2) is 12.5. The molecule has 1 saturated carbocycles. The number of hydrogen-bond acceptors (Lipinski definition) is 6. The summed E-state index contributed by atoms with van der Waals surface area (Å²) in [6.07, 6.45) is 4.27. The van der Waals surface area contributed by atoms with Crippen molar-refractivity contribution in [2.75, 3.05) is 11.4 Å². The summed E-state index contributed by atoms with van der Waals surface area (Å²) in [4.78, 5) is 71.5. The summed E-state index contributed by atoms with van der Waals surface area (Å²) in [6, 6.07) is 21.1. The molecule has 2 aliphatic carbocycles. The number of rotatable bonds is 9. The molecule has 0 unspecified atom stereocenters. The van der Waals surface area contributed by atoms with Crippen LogP contribution in [0.25, 0.3) is 0 Å². The Labute approximate surface area is 288 Å². The number of carbonyl (C=O) groups is 5. The maximum atomic E-state index is 15.3.